The Kier molecular flexibility index (Phi) is 8.00. The van der Waals surface area contributed by atoms with Gasteiger partial charge in [-0.3, -0.25) is 9.58 Å². The van der Waals surface area contributed by atoms with Gasteiger partial charge in [0.25, 0.3) is 0 Å². The molecule has 32 heavy (non-hydrogen) atoms. The van der Waals surface area contributed by atoms with Crippen LogP contribution in [0.25, 0.3) is 10.9 Å². The van der Waals surface area contributed by atoms with E-state index in [1.807, 2.05) is 52.8 Å². The van der Waals surface area contributed by atoms with Gasteiger partial charge in [0.15, 0.2) is 0 Å². The second-order valence-electron chi connectivity index (χ2n) is 8.64. The number of para-hydroxylation sites is 1. The first-order chi connectivity index (χ1) is 15.6. The van der Waals surface area contributed by atoms with Crippen LogP contribution in [-0.2, 0) is 6.54 Å². The number of fused-ring (bicyclic) bond motifs is 1. The summed E-state index contributed by atoms with van der Waals surface area (Å²) in [5, 5.41) is 16.6. The van der Waals surface area contributed by atoms with Crippen molar-refractivity contribution in [2.75, 3.05) is 32.6 Å². The number of benzene rings is 2. The predicted molar refractivity (Wildman–Crippen MR) is 134 cm³/mol. The number of ether oxygens (including phenoxy) is 1. The van der Waals surface area contributed by atoms with Crippen molar-refractivity contribution in [3.8, 4) is 5.88 Å². The molecule has 1 aliphatic heterocycles. The van der Waals surface area contributed by atoms with Crippen LogP contribution in [0.4, 0.5) is 0 Å². The third-order valence-electron chi connectivity index (χ3n) is 6.42. The van der Waals surface area contributed by atoms with Gasteiger partial charge < -0.3 is 9.84 Å². The van der Waals surface area contributed by atoms with E-state index in [4.69, 9.17) is 21.4 Å². The summed E-state index contributed by atoms with van der Waals surface area (Å²) in [4.78, 5) is 2.43. The average molecular weight is 474 g/mol. The molecule has 0 aliphatic carbocycles. The zero-order valence-corrected chi connectivity index (χ0v) is 20.4. The van der Waals surface area contributed by atoms with Gasteiger partial charge in [0.2, 0.25) is 5.88 Å². The molecule has 172 valence electrons. The Morgan fingerprint density at radius 2 is 2.00 bits per heavy atom. The lowest BCUT2D eigenvalue weighted by molar-refractivity contribution is 0.139. The third-order valence-corrected chi connectivity index (χ3v) is 7.88. The van der Waals surface area contributed by atoms with Crippen molar-refractivity contribution in [1.82, 2.24) is 14.7 Å². The molecular weight excluding hydrogens is 442 g/mol. The maximum absolute atomic E-state index is 9.63. The Morgan fingerprint density at radius 3 is 2.75 bits per heavy atom. The first-order valence-corrected chi connectivity index (χ1v) is 13.0. The normalized spacial score (nSPS) is 18.8. The van der Waals surface area contributed by atoms with Gasteiger partial charge in [0, 0.05) is 22.9 Å². The lowest BCUT2D eigenvalue weighted by atomic mass is 10.1. The molecule has 0 spiro atoms. The molecule has 1 fully saturated rings. The minimum absolute atomic E-state index is 0.254. The van der Waals surface area contributed by atoms with Crippen molar-refractivity contribution in [2.45, 2.75) is 37.6 Å². The smallest absolute Gasteiger partial charge is 0.240 e. The second kappa shape index (κ2) is 10.9. The van der Waals surface area contributed by atoms with Gasteiger partial charge in [-0.2, -0.15) is 11.8 Å². The Labute approximate surface area is 199 Å². The third kappa shape index (κ3) is 5.42. The number of thioether (sulfide) groups is 1. The van der Waals surface area contributed by atoms with Crippen LogP contribution >= 0.6 is 23.4 Å². The highest BCUT2D eigenvalue weighted by Crippen LogP contribution is 2.28. The highest BCUT2D eigenvalue weighted by atomic mass is 35.5. The van der Waals surface area contributed by atoms with Crippen molar-refractivity contribution >= 4 is 34.3 Å². The first-order valence-electron chi connectivity index (χ1n) is 11.3. The van der Waals surface area contributed by atoms with E-state index in [0.717, 1.165) is 41.0 Å². The van der Waals surface area contributed by atoms with Crippen LogP contribution in [0.1, 0.15) is 25.3 Å². The van der Waals surface area contributed by atoms with E-state index in [1.54, 1.807) is 0 Å². The topological polar surface area (TPSA) is 50.5 Å². The van der Waals surface area contributed by atoms with Crippen molar-refractivity contribution in [3.05, 3.63) is 59.1 Å². The van der Waals surface area contributed by atoms with Crippen LogP contribution in [0.3, 0.4) is 0 Å². The largest absolute Gasteiger partial charge is 0.475 e. The lowest BCUT2D eigenvalue weighted by Crippen LogP contribution is -2.39. The molecule has 0 bridgehead atoms. The molecule has 4 rings (SSSR count). The standard InChI is InChI=1S/C25H32ClN3O2S/c1-18(14-28-13-5-6-21(28)16-30)24(32-2)17-31-25-22-7-3-4-8-23(22)29(27-25)15-19-9-11-20(26)12-10-19/h3-4,7-12,18,21,24,30H,5-6,13-17H2,1-2H3. The number of aliphatic hydroxyl groups is 1. The summed E-state index contributed by atoms with van der Waals surface area (Å²) < 4.78 is 8.31. The molecule has 5 nitrogen and oxygen atoms in total. The van der Waals surface area contributed by atoms with Gasteiger partial charge in [0.1, 0.15) is 6.61 Å². The van der Waals surface area contributed by atoms with Crippen LogP contribution < -0.4 is 4.74 Å². The van der Waals surface area contributed by atoms with Crippen LogP contribution in [0, 0.1) is 5.92 Å². The van der Waals surface area contributed by atoms with E-state index < -0.39 is 0 Å². The van der Waals surface area contributed by atoms with Crippen LogP contribution in [0.2, 0.25) is 5.02 Å². The minimum atomic E-state index is 0.254. The van der Waals surface area contributed by atoms with E-state index in [9.17, 15) is 5.11 Å². The monoisotopic (exact) mass is 473 g/mol. The van der Waals surface area contributed by atoms with E-state index in [2.05, 4.69) is 30.2 Å². The maximum atomic E-state index is 9.63. The number of hydrogen-bond donors (Lipinski definition) is 1. The summed E-state index contributed by atoms with van der Waals surface area (Å²) in [5.41, 5.74) is 2.21. The molecule has 1 saturated heterocycles. The highest BCUT2D eigenvalue weighted by Gasteiger charge is 2.28. The summed E-state index contributed by atoms with van der Waals surface area (Å²) in [6.45, 7) is 5.89. The van der Waals surface area contributed by atoms with Crippen LogP contribution in [0.15, 0.2) is 48.5 Å². The molecule has 0 amide bonds. The van der Waals surface area contributed by atoms with E-state index in [1.165, 1.54) is 6.42 Å². The number of halogens is 1. The predicted octanol–water partition coefficient (Wildman–Crippen LogP) is 4.94. The molecule has 1 N–H and O–H groups in total. The summed E-state index contributed by atoms with van der Waals surface area (Å²) >= 11 is 7.88. The number of aliphatic hydroxyl groups excluding tert-OH is 1. The van der Waals surface area contributed by atoms with Crippen LogP contribution in [-0.4, -0.2) is 63.6 Å². The van der Waals surface area contributed by atoms with Crippen molar-refractivity contribution in [1.29, 1.82) is 0 Å². The fourth-order valence-corrected chi connectivity index (χ4v) is 5.42. The maximum Gasteiger partial charge on any atom is 0.240 e. The summed E-state index contributed by atoms with van der Waals surface area (Å²) in [5.74, 6) is 1.15. The molecule has 3 unspecified atom stereocenters. The molecule has 1 aliphatic rings. The molecule has 7 heteroatoms. The van der Waals surface area contributed by atoms with Crippen LogP contribution in [0.5, 0.6) is 5.88 Å². The number of aromatic nitrogens is 2. The molecule has 0 saturated carbocycles. The second-order valence-corrected chi connectivity index (χ2v) is 10.2. The van der Waals surface area contributed by atoms with Crippen molar-refractivity contribution in [2.24, 2.45) is 5.92 Å². The molecule has 2 heterocycles. The van der Waals surface area contributed by atoms with Gasteiger partial charge in [-0.15, -0.1) is 5.10 Å². The summed E-state index contributed by atoms with van der Waals surface area (Å²) in [7, 11) is 0. The molecule has 0 radical (unpaired) electrons. The zero-order valence-electron chi connectivity index (χ0n) is 18.8. The number of rotatable bonds is 10. The molecule has 3 aromatic rings. The number of likely N-dealkylation sites (tertiary alicyclic amines) is 1. The average Bonchev–Trinajstić information content (AvgIpc) is 3.40. The quantitative estimate of drug-likeness (QED) is 0.452. The van der Waals surface area contributed by atoms with Crippen molar-refractivity contribution < 1.29 is 9.84 Å². The van der Waals surface area contributed by atoms with Crippen molar-refractivity contribution in [3.63, 3.8) is 0 Å². The molecule has 1 aromatic heterocycles. The van der Waals surface area contributed by atoms with E-state index >= 15 is 0 Å². The Hall–Kier alpha value is -1.73. The Bertz CT molecular complexity index is 1010. The fourth-order valence-electron chi connectivity index (χ4n) is 4.54. The molecule has 2 aromatic carbocycles. The van der Waals surface area contributed by atoms with E-state index in [0.29, 0.717) is 36.2 Å². The fraction of sp³-hybridized carbons (Fsp3) is 0.480. The van der Waals surface area contributed by atoms with E-state index in [-0.39, 0.29) is 6.61 Å². The van der Waals surface area contributed by atoms with Gasteiger partial charge in [-0.25, -0.2) is 0 Å². The zero-order chi connectivity index (χ0) is 22.5. The Balaban J connectivity index is 1.45. The van der Waals surface area contributed by atoms with Gasteiger partial charge in [-0.05, 0) is 61.4 Å². The highest BCUT2D eigenvalue weighted by molar-refractivity contribution is 7.99. The van der Waals surface area contributed by atoms with Gasteiger partial charge in [0.05, 0.1) is 24.1 Å². The molecular formula is C25H32ClN3O2S. The summed E-state index contributed by atoms with van der Waals surface area (Å²) in [6.07, 6.45) is 4.42. The summed E-state index contributed by atoms with van der Waals surface area (Å²) in [6, 6.07) is 16.4. The first kappa shape index (κ1) is 23.4. The Morgan fingerprint density at radius 1 is 1.22 bits per heavy atom. The SMILES string of the molecule is CSC(COc1nn(Cc2ccc(Cl)cc2)c2ccccc12)C(C)CN1CCCC1CO. The lowest BCUT2D eigenvalue weighted by Gasteiger charge is -2.29. The van der Waals surface area contributed by atoms with Gasteiger partial charge in [-0.1, -0.05) is 42.8 Å². The number of hydrogen-bond acceptors (Lipinski definition) is 5. The number of nitrogens with zero attached hydrogens (tertiary/aromatic N) is 3. The molecule has 3 atom stereocenters. The van der Waals surface area contributed by atoms with Gasteiger partial charge >= 0.3 is 0 Å². The minimum Gasteiger partial charge on any atom is -0.475 e.